The first-order chi connectivity index (χ1) is 9.57. The van der Waals surface area contributed by atoms with Crippen LogP contribution in [-0.2, 0) is 14.8 Å². The monoisotopic (exact) mass is 325 g/mol. The van der Waals surface area contributed by atoms with Crippen LogP contribution in [0.25, 0.3) is 0 Å². The molecule has 4 N–H and O–H groups in total. The quantitative estimate of drug-likeness (QED) is 0.715. The van der Waals surface area contributed by atoms with Gasteiger partial charge in [-0.05, 0) is 18.2 Å². The van der Waals surface area contributed by atoms with E-state index in [0.717, 1.165) is 18.2 Å². The van der Waals surface area contributed by atoms with Crippen LogP contribution in [0.5, 0.6) is 0 Å². The van der Waals surface area contributed by atoms with Gasteiger partial charge in [-0.25, -0.2) is 26.3 Å². The van der Waals surface area contributed by atoms with Gasteiger partial charge in [0, 0.05) is 12.6 Å². The van der Waals surface area contributed by atoms with E-state index in [1.807, 2.05) is 0 Å². The summed E-state index contributed by atoms with van der Waals surface area (Å²) in [4.78, 5) is 9.99. The van der Waals surface area contributed by atoms with E-state index < -0.39 is 45.7 Å². The van der Waals surface area contributed by atoms with E-state index in [0.29, 0.717) is 0 Å². The Labute approximate surface area is 119 Å². The molecule has 1 aromatic carbocycles. The lowest BCUT2D eigenvalue weighted by Gasteiger charge is -2.15. The maximum Gasteiger partial charge on any atom is 0.273 e. The standard InChI is InChI=1S/C11H14F3N3O3S/c1-7(18)17-8-2-3-10(9(12)4-8)21(19,20)16-6-11(13,14)5-15/h2-4,16H,5-6,15H2,1H3,(H,17,18). The molecular weight excluding hydrogens is 311 g/mol. The number of nitrogens with two attached hydrogens (primary N) is 1. The van der Waals surface area contributed by atoms with Crippen molar-refractivity contribution < 1.29 is 26.4 Å². The molecule has 0 fully saturated rings. The number of hydrogen-bond acceptors (Lipinski definition) is 4. The Kier molecular flexibility index (Phi) is 5.31. The van der Waals surface area contributed by atoms with Crippen LogP contribution in [0.3, 0.4) is 0 Å². The first kappa shape index (κ1) is 17.4. The predicted octanol–water partition coefficient (Wildman–Crippen LogP) is 0.656. The summed E-state index contributed by atoms with van der Waals surface area (Å²) in [5.41, 5.74) is 4.82. The fraction of sp³-hybridized carbons (Fsp3) is 0.364. The molecule has 6 nitrogen and oxygen atoms in total. The van der Waals surface area contributed by atoms with E-state index in [4.69, 9.17) is 5.73 Å². The summed E-state index contributed by atoms with van der Waals surface area (Å²) in [6.07, 6.45) is 0. The first-order valence-electron chi connectivity index (χ1n) is 5.72. The molecule has 0 aliphatic heterocycles. The average Bonchev–Trinajstić information content (AvgIpc) is 2.36. The van der Waals surface area contributed by atoms with Crippen LogP contribution in [0.15, 0.2) is 23.1 Å². The molecule has 1 rings (SSSR count). The Morgan fingerprint density at radius 1 is 1.38 bits per heavy atom. The number of hydrogen-bond donors (Lipinski definition) is 3. The summed E-state index contributed by atoms with van der Waals surface area (Å²) in [5, 5.41) is 2.26. The number of amides is 1. The zero-order chi connectivity index (χ0) is 16.3. The molecule has 0 aliphatic carbocycles. The molecule has 21 heavy (non-hydrogen) atoms. The number of rotatable bonds is 6. The number of alkyl halides is 2. The Hall–Kier alpha value is -1.65. The van der Waals surface area contributed by atoms with Gasteiger partial charge in [0.1, 0.15) is 10.7 Å². The largest absolute Gasteiger partial charge is 0.326 e. The lowest BCUT2D eigenvalue weighted by atomic mass is 10.3. The molecule has 1 aromatic rings. The summed E-state index contributed by atoms with van der Waals surface area (Å²) in [7, 11) is -4.45. The number of carbonyl (C=O) groups is 1. The van der Waals surface area contributed by atoms with Crippen molar-refractivity contribution in [3.05, 3.63) is 24.0 Å². The zero-order valence-corrected chi connectivity index (χ0v) is 11.8. The first-order valence-corrected chi connectivity index (χ1v) is 7.20. The van der Waals surface area contributed by atoms with Gasteiger partial charge in [0.25, 0.3) is 5.92 Å². The summed E-state index contributed by atoms with van der Waals surface area (Å²) in [6.45, 7) is -1.09. The van der Waals surface area contributed by atoms with Crippen LogP contribution >= 0.6 is 0 Å². The number of anilines is 1. The van der Waals surface area contributed by atoms with Crippen LogP contribution in [0, 0.1) is 5.82 Å². The van der Waals surface area contributed by atoms with Gasteiger partial charge in [-0.2, -0.15) is 0 Å². The van der Waals surface area contributed by atoms with E-state index in [2.05, 4.69) is 5.32 Å². The maximum atomic E-state index is 13.7. The highest BCUT2D eigenvalue weighted by Crippen LogP contribution is 2.20. The SMILES string of the molecule is CC(=O)Nc1ccc(S(=O)(=O)NCC(F)(F)CN)c(F)c1. The molecule has 0 saturated carbocycles. The van der Waals surface area contributed by atoms with Gasteiger partial charge < -0.3 is 11.1 Å². The molecule has 0 aliphatic rings. The van der Waals surface area contributed by atoms with E-state index >= 15 is 0 Å². The van der Waals surface area contributed by atoms with Gasteiger partial charge in [0.2, 0.25) is 15.9 Å². The summed E-state index contributed by atoms with van der Waals surface area (Å²) in [5.74, 6) is -5.07. The number of carbonyl (C=O) groups excluding carboxylic acids is 1. The highest BCUT2D eigenvalue weighted by molar-refractivity contribution is 7.89. The van der Waals surface area contributed by atoms with E-state index in [1.54, 1.807) is 4.72 Å². The Bertz CT molecular complexity index is 635. The molecule has 0 aromatic heterocycles. The van der Waals surface area contributed by atoms with Crippen molar-refractivity contribution >= 4 is 21.6 Å². The smallest absolute Gasteiger partial charge is 0.273 e. The highest BCUT2D eigenvalue weighted by Gasteiger charge is 2.30. The molecule has 0 saturated heterocycles. The van der Waals surface area contributed by atoms with Crippen molar-refractivity contribution in [2.24, 2.45) is 5.73 Å². The molecular formula is C11H14F3N3O3S. The van der Waals surface area contributed by atoms with E-state index in [1.165, 1.54) is 6.92 Å². The van der Waals surface area contributed by atoms with Gasteiger partial charge in [0.15, 0.2) is 0 Å². The number of benzene rings is 1. The second kappa shape index (κ2) is 6.41. The Morgan fingerprint density at radius 2 is 2.00 bits per heavy atom. The number of halogens is 3. The van der Waals surface area contributed by atoms with Gasteiger partial charge >= 0.3 is 0 Å². The molecule has 0 unspecified atom stereocenters. The summed E-state index contributed by atoms with van der Waals surface area (Å²) >= 11 is 0. The van der Waals surface area contributed by atoms with Crippen molar-refractivity contribution in [3.63, 3.8) is 0 Å². The molecule has 0 heterocycles. The van der Waals surface area contributed by atoms with Crippen LogP contribution in [0.2, 0.25) is 0 Å². The zero-order valence-electron chi connectivity index (χ0n) is 11.0. The average molecular weight is 325 g/mol. The van der Waals surface area contributed by atoms with E-state index in [9.17, 15) is 26.4 Å². The fourth-order valence-corrected chi connectivity index (χ4v) is 2.47. The van der Waals surface area contributed by atoms with Crippen molar-refractivity contribution in [1.82, 2.24) is 4.72 Å². The van der Waals surface area contributed by atoms with Crippen LogP contribution in [0.1, 0.15) is 6.92 Å². The molecule has 10 heteroatoms. The molecule has 0 atom stereocenters. The van der Waals surface area contributed by atoms with Crippen molar-refractivity contribution in [3.8, 4) is 0 Å². The summed E-state index contributed by atoms with van der Waals surface area (Å²) in [6, 6.07) is 2.78. The topological polar surface area (TPSA) is 101 Å². The van der Waals surface area contributed by atoms with Crippen molar-refractivity contribution in [1.29, 1.82) is 0 Å². The van der Waals surface area contributed by atoms with Crippen molar-refractivity contribution in [2.45, 2.75) is 17.7 Å². The minimum absolute atomic E-state index is 0.0474. The normalized spacial score (nSPS) is 12.2. The van der Waals surface area contributed by atoms with Crippen LogP contribution in [0.4, 0.5) is 18.9 Å². The summed E-state index contributed by atoms with van der Waals surface area (Å²) < 4.78 is 64.6. The third-order valence-electron chi connectivity index (χ3n) is 2.36. The van der Waals surface area contributed by atoms with Gasteiger partial charge in [-0.1, -0.05) is 0 Å². The number of nitrogens with one attached hydrogen (secondary N) is 2. The van der Waals surface area contributed by atoms with Crippen LogP contribution < -0.4 is 15.8 Å². The number of sulfonamides is 1. The third-order valence-corrected chi connectivity index (χ3v) is 3.80. The maximum absolute atomic E-state index is 13.7. The fourth-order valence-electron chi connectivity index (χ4n) is 1.35. The minimum Gasteiger partial charge on any atom is -0.326 e. The van der Waals surface area contributed by atoms with Crippen LogP contribution in [-0.4, -0.2) is 33.3 Å². The Balaban J connectivity index is 2.96. The third kappa shape index (κ3) is 4.99. The predicted molar refractivity (Wildman–Crippen MR) is 69.9 cm³/mol. The minimum atomic E-state index is -4.45. The van der Waals surface area contributed by atoms with Gasteiger partial charge in [-0.3, -0.25) is 4.79 Å². The lowest BCUT2D eigenvalue weighted by molar-refractivity contribution is -0.114. The molecule has 0 radical (unpaired) electrons. The second-order valence-electron chi connectivity index (χ2n) is 4.21. The molecule has 1 amide bonds. The second-order valence-corrected chi connectivity index (χ2v) is 5.95. The molecule has 0 bridgehead atoms. The molecule has 118 valence electrons. The lowest BCUT2D eigenvalue weighted by Crippen LogP contribution is -2.41. The van der Waals surface area contributed by atoms with Crippen molar-refractivity contribution in [2.75, 3.05) is 18.4 Å². The van der Waals surface area contributed by atoms with Gasteiger partial charge in [0.05, 0.1) is 13.1 Å². The highest BCUT2D eigenvalue weighted by atomic mass is 32.2. The molecule has 0 spiro atoms. The van der Waals surface area contributed by atoms with E-state index in [-0.39, 0.29) is 5.69 Å². The van der Waals surface area contributed by atoms with Gasteiger partial charge in [-0.15, -0.1) is 0 Å². The Morgan fingerprint density at radius 3 is 2.48 bits per heavy atom.